The Kier molecular flexibility index (Phi) is 5.00. The predicted molar refractivity (Wildman–Crippen MR) is 82.9 cm³/mol. The molecular weight excluding hydrogens is 248 g/mol. The Labute approximate surface area is 124 Å². The highest BCUT2D eigenvalue weighted by molar-refractivity contribution is 4.97. The normalized spacial score (nSPS) is 26.4. The topological polar surface area (TPSA) is 24.5 Å². The third kappa shape index (κ3) is 4.19. The van der Waals surface area contributed by atoms with E-state index in [-0.39, 0.29) is 0 Å². The van der Waals surface area contributed by atoms with Crippen molar-refractivity contribution in [3.63, 3.8) is 0 Å². The molecule has 3 rings (SSSR count). The van der Waals surface area contributed by atoms with Gasteiger partial charge in [0, 0.05) is 31.7 Å². The number of nitrogens with zero attached hydrogens (tertiary/aromatic N) is 1. The molecule has 3 nitrogen and oxygen atoms in total. The molecule has 1 atom stereocenters. The Morgan fingerprint density at radius 3 is 2.15 bits per heavy atom. The Hall–Kier alpha value is -0.120. The van der Waals surface area contributed by atoms with Gasteiger partial charge >= 0.3 is 0 Å². The average molecular weight is 280 g/mol. The fourth-order valence-corrected chi connectivity index (χ4v) is 3.75. The maximum atomic E-state index is 5.51. The van der Waals surface area contributed by atoms with Gasteiger partial charge in [-0.1, -0.05) is 13.8 Å². The third-order valence-corrected chi connectivity index (χ3v) is 5.15. The minimum absolute atomic E-state index is 0.707. The largest absolute Gasteiger partial charge is 0.379 e. The van der Waals surface area contributed by atoms with Gasteiger partial charge in [-0.3, -0.25) is 4.90 Å². The zero-order valence-electron chi connectivity index (χ0n) is 13.3. The molecule has 2 saturated carbocycles. The molecule has 116 valence electrons. The van der Waals surface area contributed by atoms with Crippen LogP contribution in [0, 0.1) is 17.8 Å². The standard InChI is InChI=1S/C17H32N2O/c1-13(2)11-16(19-7-9-20-10-8-19)12-18-17(14-3-4-14)15-5-6-15/h13-18H,3-12H2,1-2H3. The molecule has 1 N–H and O–H groups in total. The van der Waals surface area contributed by atoms with Gasteiger partial charge in [0.15, 0.2) is 0 Å². The summed E-state index contributed by atoms with van der Waals surface area (Å²) in [6.45, 7) is 9.98. The molecule has 2 aliphatic carbocycles. The summed E-state index contributed by atoms with van der Waals surface area (Å²) in [5, 5.41) is 3.96. The lowest BCUT2D eigenvalue weighted by Crippen LogP contribution is -2.50. The molecule has 1 unspecified atom stereocenters. The van der Waals surface area contributed by atoms with Crippen LogP contribution in [0.1, 0.15) is 46.0 Å². The van der Waals surface area contributed by atoms with E-state index >= 15 is 0 Å². The second-order valence-corrected chi connectivity index (χ2v) is 7.54. The molecule has 0 aromatic rings. The SMILES string of the molecule is CC(C)CC(CNC(C1CC1)C1CC1)N1CCOCC1. The van der Waals surface area contributed by atoms with Crippen LogP contribution < -0.4 is 5.32 Å². The Morgan fingerprint density at radius 2 is 1.65 bits per heavy atom. The second kappa shape index (κ2) is 6.76. The summed E-state index contributed by atoms with van der Waals surface area (Å²) in [7, 11) is 0. The van der Waals surface area contributed by atoms with Gasteiger partial charge in [-0.25, -0.2) is 0 Å². The summed E-state index contributed by atoms with van der Waals surface area (Å²) in [6, 6.07) is 1.55. The minimum Gasteiger partial charge on any atom is -0.379 e. The van der Waals surface area contributed by atoms with Crippen LogP contribution in [-0.2, 0) is 4.74 Å². The summed E-state index contributed by atoms with van der Waals surface area (Å²) in [6.07, 6.45) is 7.21. The monoisotopic (exact) mass is 280 g/mol. The van der Waals surface area contributed by atoms with Crippen molar-refractivity contribution in [1.29, 1.82) is 0 Å². The van der Waals surface area contributed by atoms with Crippen LogP contribution in [0.3, 0.4) is 0 Å². The van der Waals surface area contributed by atoms with Crippen LogP contribution in [0.25, 0.3) is 0 Å². The Morgan fingerprint density at radius 1 is 1.05 bits per heavy atom. The molecule has 3 aliphatic rings. The first-order chi connectivity index (χ1) is 9.74. The van der Waals surface area contributed by atoms with Crippen LogP contribution in [0.15, 0.2) is 0 Å². The lowest BCUT2D eigenvalue weighted by atomic mass is 10.0. The minimum atomic E-state index is 0.707. The number of morpholine rings is 1. The van der Waals surface area contributed by atoms with E-state index in [9.17, 15) is 0 Å². The first-order valence-corrected chi connectivity index (χ1v) is 8.79. The molecule has 3 heteroatoms. The fraction of sp³-hybridized carbons (Fsp3) is 1.00. The van der Waals surface area contributed by atoms with Gasteiger partial charge in [0.2, 0.25) is 0 Å². The Bertz CT molecular complexity index is 281. The van der Waals surface area contributed by atoms with Crippen LogP contribution in [0.2, 0.25) is 0 Å². The first-order valence-electron chi connectivity index (χ1n) is 8.79. The van der Waals surface area contributed by atoms with Crippen molar-refractivity contribution in [3.05, 3.63) is 0 Å². The summed E-state index contributed by atoms with van der Waals surface area (Å²) in [5.41, 5.74) is 0. The van der Waals surface area contributed by atoms with E-state index in [0.29, 0.717) is 6.04 Å². The molecule has 0 aromatic heterocycles. The molecular formula is C17H32N2O. The van der Waals surface area contributed by atoms with E-state index in [4.69, 9.17) is 4.74 Å². The summed E-state index contributed by atoms with van der Waals surface area (Å²) < 4.78 is 5.51. The van der Waals surface area contributed by atoms with E-state index in [1.54, 1.807) is 0 Å². The molecule has 20 heavy (non-hydrogen) atoms. The molecule has 3 fully saturated rings. The number of nitrogens with one attached hydrogen (secondary N) is 1. The highest BCUT2D eigenvalue weighted by atomic mass is 16.5. The molecule has 0 bridgehead atoms. The number of rotatable bonds is 8. The molecule has 1 heterocycles. The van der Waals surface area contributed by atoms with Crippen molar-refractivity contribution in [2.45, 2.75) is 58.0 Å². The fourth-order valence-electron chi connectivity index (χ4n) is 3.75. The van der Waals surface area contributed by atoms with Crippen molar-refractivity contribution < 1.29 is 4.74 Å². The molecule has 0 aromatic carbocycles. The van der Waals surface area contributed by atoms with Crippen molar-refractivity contribution in [2.24, 2.45) is 17.8 Å². The highest BCUT2D eigenvalue weighted by Gasteiger charge is 2.41. The molecule has 0 amide bonds. The van der Waals surface area contributed by atoms with Gasteiger partial charge in [-0.05, 0) is 49.9 Å². The maximum Gasteiger partial charge on any atom is 0.0594 e. The van der Waals surface area contributed by atoms with E-state index in [1.165, 1.54) is 38.6 Å². The van der Waals surface area contributed by atoms with Crippen LogP contribution in [0.4, 0.5) is 0 Å². The Balaban J connectivity index is 1.51. The number of hydrogen-bond acceptors (Lipinski definition) is 3. The van der Waals surface area contributed by atoms with Gasteiger partial charge in [0.25, 0.3) is 0 Å². The summed E-state index contributed by atoms with van der Waals surface area (Å²) >= 11 is 0. The lowest BCUT2D eigenvalue weighted by Gasteiger charge is -2.36. The lowest BCUT2D eigenvalue weighted by molar-refractivity contribution is 0.0115. The summed E-state index contributed by atoms with van der Waals surface area (Å²) in [5.74, 6) is 2.80. The van der Waals surface area contributed by atoms with Crippen LogP contribution >= 0.6 is 0 Å². The van der Waals surface area contributed by atoms with Gasteiger partial charge in [-0.2, -0.15) is 0 Å². The number of hydrogen-bond donors (Lipinski definition) is 1. The van der Waals surface area contributed by atoms with Gasteiger partial charge in [0.1, 0.15) is 0 Å². The second-order valence-electron chi connectivity index (χ2n) is 7.54. The van der Waals surface area contributed by atoms with Crippen molar-refractivity contribution in [2.75, 3.05) is 32.8 Å². The number of ether oxygens (including phenoxy) is 1. The zero-order chi connectivity index (χ0) is 13.9. The maximum absolute atomic E-state index is 5.51. The van der Waals surface area contributed by atoms with E-state index in [1.807, 2.05) is 0 Å². The molecule has 1 saturated heterocycles. The van der Waals surface area contributed by atoms with Crippen molar-refractivity contribution >= 4 is 0 Å². The zero-order valence-corrected chi connectivity index (χ0v) is 13.3. The van der Waals surface area contributed by atoms with Gasteiger partial charge < -0.3 is 10.1 Å². The van der Waals surface area contributed by atoms with E-state index in [2.05, 4.69) is 24.1 Å². The first kappa shape index (κ1) is 14.8. The van der Waals surface area contributed by atoms with Crippen LogP contribution in [-0.4, -0.2) is 49.8 Å². The molecule has 0 spiro atoms. The van der Waals surface area contributed by atoms with E-state index in [0.717, 1.165) is 50.1 Å². The molecule has 1 aliphatic heterocycles. The predicted octanol–water partition coefficient (Wildman–Crippen LogP) is 2.51. The van der Waals surface area contributed by atoms with Crippen LogP contribution in [0.5, 0.6) is 0 Å². The van der Waals surface area contributed by atoms with Gasteiger partial charge in [-0.15, -0.1) is 0 Å². The molecule has 0 radical (unpaired) electrons. The summed E-state index contributed by atoms with van der Waals surface area (Å²) in [4.78, 5) is 2.66. The average Bonchev–Trinajstić information content (AvgIpc) is 3.31. The highest BCUT2D eigenvalue weighted by Crippen LogP contribution is 2.44. The quantitative estimate of drug-likeness (QED) is 0.739. The third-order valence-electron chi connectivity index (χ3n) is 5.15. The smallest absolute Gasteiger partial charge is 0.0594 e. The van der Waals surface area contributed by atoms with E-state index < -0.39 is 0 Å². The van der Waals surface area contributed by atoms with Gasteiger partial charge in [0.05, 0.1) is 13.2 Å². The van der Waals surface area contributed by atoms with Crippen molar-refractivity contribution in [1.82, 2.24) is 10.2 Å². The van der Waals surface area contributed by atoms with Crippen molar-refractivity contribution in [3.8, 4) is 0 Å².